The second-order valence-electron chi connectivity index (χ2n) is 6.81. The number of hydrogen-bond donors (Lipinski definition) is 1. The number of pyridine rings is 1. The first kappa shape index (κ1) is 22.7. The van der Waals surface area contributed by atoms with E-state index >= 15 is 0 Å². The number of fused-ring (bicyclic) bond motifs is 1. The van der Waals surface area contributed by atoms with Gasteiger partial charge < -0.3 is 14.8 Å². The molecule has 1 amide bonds. The molecular formula is C23H23F3N2O3. The zero-order valence-corrected chi connectivity index (χ0v) is 17.0. The fraction of sp³-hybridized carbons (Fsp3) is 0.304. The summed E-state index contributed by atoms with van der Waals surface area (Å²) < 4.78 is 51.9. The second kappa shape index (κ2) is 10.4. The molecule has 164 valence electrons. The van der Waals surface area contributed by atoms with Crippen LogP contribution in [0.3, 0.4) is 0 Å². The van der Waals surface area contributed by atoms with E-state index in [1.165, 1.54) is 18.2 Å². The van der Waals surface area contributed by atoms with Gasteiger partial charge in [-0.05, 0) is 24.1 Å². The maximum absolute atomic E-state index is 13.7. The number of halogens is 3. The molecule has 0 bridgehead atoms. The Kier molecular flexibility index (Phi) is 7.59. The Labute approximate surface area is 178 Å². The summed E-state index contributed by atoms with van der Waals surface area (Å²) in [7, 11) is 0. The first-order valence-corrected chi connectivity index (χ1v) is 9.86. The Balaban J connectivity index is 1.70. The van der Waals surface area contributed by atoms with E-state index in [-0.39, 0.29) is 17.4 Å². The molecule has 0 aliphatic carbocycles. The van der Waals surface area contributed by atoms with Crippen molar-refractivity contribution in [2.45, 2.75) is 26.3 Å². The lowest BCUT2D eigenvalue weighted by atomic mass is 10.0. The molecular weight excluding hydrogens is 409 g/mol. The van der Waals surface area contributed by atoms with E-state index in [1.54, 1.807) is 18.2 Å². The van der Waals surface area contributed by atoms with Crippen LogP contribution in [0, 0.1) is 0 Å². The monoisotopic (exact) mass is 432 g/mol. The van der Waals surface area contributed by atoms with E-state index in [0.717, 1.165) is 17.3 Å². The summed E-state index contributed by atoms with van der Waals surface area (Å²) in [4.78, 5) is 16.6. The number of rotatable bonds is 9. The molecule has 0 radical (unpaired) electrons. The Hall–Kier alpha value is -2.97. The van der Waals surface area contributed by atoms with Crippen LogP contribution in [-0.4, -0.2) is 30.7 Å². The minimum Gasteiger partial charge on any atom is -0.379 e. The van der Waals surface area contributed by atoms with Crippen molar-refractivity contribution < 1.29 is 27.4 Å². The average molecular weight is 432 g/mol. The Morgan fingerprint density at radius 3 is 2.55 bits per heavy atom. The molecule has 0 unspecified atom stereocenters. The van der Waals surface area contributed by atoms with Gasteiger partial charge in [0.2, 0.25) is 0 Å². The van der Waals surface area contributed by atoms with E-state index < -0.39 is 23.2 Å². The number of amides is 1. The molecule has 0 saturated heterocycles. The van der Waals surface area contributed by atoms with Crippen LogP contribution in [0.2, 0.25) is 0 Å². The van der Waals surface area contributed by atoms with Gasteiger partial charge in [-0.3, -0.25) is 9.78 Å². The number of para-hydroxylation sites is 1. The summed E-state index contributed by atoms with van der Waals surface area (Å²) in [6.07, 6.45) is -3.71. The zero-order chi connectivity index (χ0) is 22.3. The van der Waals surface area contributed by atoms with Crippen molar-refractivity contribution in [3.05, 3.63) is 77.0 Å². The third kappa shape index (κ3) is 6.02. The molecule has 5 nitrogen and oxygen atoms in total. The summed E-state index contributed by atoms with van der Waals surface area (Å²) in [5.41, 5.74) is 0.352. The van der Waals surface area contributed by atoms with Crippen molar-refractivity contribution in [2.75, 3.05) is 19.8 Å². The summed E-state index contributed by atoms with van der Waals surface area (Å²) >= 11 is 0. The van der Waals surface area contributed by atoms with Crippen molar-refractivity contribution in [3.63, 3.8) is 0 Å². The number of alkyl halides is 3. The first-order chi connectivity index (χ1) is 14.9. The molecule has 0 aliphatic rings. The molecule has 1 heterocycles. The van der Waals surface area contributed by atoms with E-state index in [4.69, 9.17) is 9.47 Å². The highest BCUT2D eigenvalue weighted by atomic mass is 19.4. The summed E-state index contributed by atoms with van der Waals surface area (Å²) in [5, 5.41) is 2.46. The molecule has 2 aromatic carbocycles. The number of aromatic nitrogens is 1. The normalized spacial score (nSPS) is 11.6. The third-order valence-corrected chi connectivity index (χ3v) is 4.59. The Morgan fingerprint density at radius 1 is 1.03 bits per heavy atom. The van der Waals surface area contributed by atoms with Gasteiger partial charge in [0.05, 0.1) is 36.5 Å². The van der Waals surface area contributed by atoms with Crippen molar-refractivity contribution >= 4 is 16.8 Å². The fourth-order valence-corrected chi connectivity index (χ4v) is 3.18. The molecule has 1 N–H and O–H groups in total. The van der Waals surface area contributed by atoms with E-state index in [9.17, 15) is 18.0 Å². The van der Waals surface area contributed by atoms with E-state index in [2.05, 4.69) is 10.3 Å². The number of carbonyl (C=O) groups is 1. The summed E-state index contributed by atoms with van der Waals surface area (Å²) in [5.74, 6) is -0.830. The van der Waals surface area contributed by atoms with Crippen molar-refractivity contribution in [1.29, 1.82) is 0 Å². The van der Waals surface area contributed by atoms with Gasteiger partial charge in [-0.1, -0.05) is 42.5 Å². The van der Waals surface area contributed by atoms with Crippen molar-refractivity contribution in [2.24, 2.45) is 0 Å². The van der Waals surface area contributed by atoms with Crippen LogP contribution < -0.4 is 5.32 Å². The van der Waals surface area contributed by atoms with Gasteiger partial charge in [-0.15, -0.1) is 0 Å². The number of nitrogens with zero attached hydrogens (tertiary/aromatic N) is 1. The van der Waals surface area contributed by atoms with E-state index in [0.29, 0.717) is 26.4 Å². The number of hydrogen-bond acceptors (Lipinski definition) is 4. The van der Waals surface area contributed by atoms with Gasteiger partial charge in [-0.2, -0.15) is 13.2 Å². The SMILES string of the molecule is CCOCCOCc1cccc(CNC(=O)c2cnc3ccccc3c2C(F)(F)F)c1. The highest BCUT2D eigenvalue weighted by Crippen LogP contribution is 2.36. The molecule has 31 heavy (non-hydrogen) atoms. The minimum atomic E-state index is -4.69. The molecule has 1 aromatic heterocycles. The fourth-order valence-electron chi connectivity index (χ4n) is 3.18. The maximum Gasteiger partial charge on any atom is 0.417 e. The van der Waals surface area contributed by atoms with E-state index in [1.807, 2.05) is 19.1 Å². The average Bonchev–Trinajstić information content (AvgIpc) is 2.76. The lowest BCUT2D eigenvalue weighted by Crippen LogP contribution is -2.26. The number of carbonyl (C=O) groups excluding carboxylic acids is 1. The molecule has 0 saturated carbocycles. The predicted octanol–water partition coefficient (Wildman–Crippen LogP) is 4.74. The Morgan fingerprint density at radius 2 is 1.77 bits per heavy atom. The Bertz CT molecular complexity index is 1040. The smallest absolute Gasteiger partial charge is 0.379 e. The van der Waals surface area contributed by atoms with Gasteiger partial charge in [0.25, 0.3) is 5.91 Å². The van der Waals surface area contributed by atoms with Crippen LogP contribution in [0.25, 0.3) is 10.9 Å². The van der Waals surface area contributed by atoms with Gasteiger partial charge in [0.1, 0.15) is 0 Å². The first-order valence-electron chi connectivity index (χ1n) is 9.86. The molecule has 0 fully saturated rings. The number of nitrogens with one attached hydrogen (secondary N) is 1. The quantitative estimate of drug-likeness (QED) is 0.497. The largest absolute Gasteiger partial charge is 0.417 e. The van der Waals surface area contributed by atoms with Crippen LogP contribution >= 0.6 is 0 Å². The number of benzene rings is 2. The zero-order valence-electron chi connectivity index (χ0n) is 17.0. The van der Waals surface area contributed by atoms with Crippen LogP contribution in [0.4, 0.5) is 13.2 Å². The van der Waals surface area contributed by atoms with Crippen LogP contribution in [0.5, 0.6) is 0 Å². The lowest BCUT2D eigenvalue weighted by Gasteiger charge is -2.15. The topological polar surface area (TPSA) is 60.5 Å². The van der Waals surface area contributed by atoms with Crippen LogP contribution in [-0.2, 0) is 28.8 Å². The maximum atomic E-state index is 13.7. The highest BCUT2D eigenvalue weighted by molar-refractivity contribution is 6.00. The van der Waals surface area contributed by atoms with Crippen molar-refractivity contribution in [1.82, 2.24) is 10.3 Å². The van der Waals surface area contributed by atoms with Crippen LogP contribution in [0.15, 0.2) is 54.7 Å². The minimum absolute atomic E-state index is 0.0791. The summed E-state index contributed by atoms with van der Waals surface area (Å²) in [6.45, 7) is 3.96. The number of ether oxygens (including phenoxy) is 2. The third-order valence-electron chi connectivity index (χ3n) is 4.59. The van der Waals surface area contributed by atoms with Gasteiger partial charge in [0.15, 0.2) is 0 Å². The van der Waals surface area contributed by atoms with Crippen LogP contribution in [0.1, 0.15) is 34.0 Å². The van der Waals surface area contributed by atoms with Gasteiger partial charge in [-0.25, -0.2) is 0 Å². The molecule has 0 atom stereocenters. The highest BCUT2D eigenvalue weighted by Gasteiger charge is 2.37. The second-order valence-corrected chi connectivity index (χ2v) is 6.81. The van der Waals surface area contributed by atoms with Gasteiger partial charge in [0, 0.05) is 24.7 Å². The molecule has 8 heteroatoms. The molecule has 3 aromatic rings. The lowest BCUT2D eigenvalue weighted by molar-refractivity contribution is -0.136. The van der Waals surface area contributed by atoms with Crippen molar-refractivity contribution in [3.8, 4) is 0 Å². The standard InChI is InChI=1S/C23H23F3N2O3/c1-2-30-10-11-31-15-17-7-5-6-16(12-17)13-28-22(29)19-14-27-20-9-4-3-8-18(20)21(19)23(24,25)26/h3-9,12,14H,2,10-11,13,15H2,1H3,(H,28,29). The predicted molar refractivity (Wildman–Crippen MR) is 111 cm³/mol. The molecule has 0 spiro atoms. The van der Waals surface area contributed by atoms with Gasteiger partial charge >= 0.3 is 6.18 Å². The summed E-state index contributed by atoms with van der Waals surface area (Å²) in [6, 6.07) is 13.2. The molecule has 0 aliphatic heterocycles. The molecule has 3 rings (SSSR count).